The van der Waals surface area contributed by atoms with Gasteiger partial charge in [-0.2, -0.15) is 11.8 Å². The molecule has 0 heterocycles. The summed E-state index contributed by atoms with van der Waals surface area (Å²) >= 11 is 7.81. The standard InChI is InChI=1S/C14H20ClNO2S/c1-10(8-14(2,16-3)13(17)18)19-9-11-6-4-5-7-12(11)15/h4-7,10,16H,8-9H2,1-3H3,(H,17,18). The minimum atomic E-state index is -0.882. The predicted octanol–water partition coefficient (Wildman–Crippen LogP) is 3.41. The maximum atomic E-state index is 11.2. The molecule has 1 aromatic rings. The number of rotatable bonds is 7. The highest BCUT2D eigenvalue weighted by Gasteiger charge is 2.32. The largest absolute Gasteiger partial charge is 0.480 e. The summed E-state index contributed by atoms with van der Waals surface area (Å²) < 4.78 is 0. The van der Waals surface area contributed by atoms with E-state index in [-0.39, 0.29) is 5.25 Å². The molecule has 0 amide bonds. The Bertz CT molecular complexity index is 441. The Labute approximate surface area is 123 Å². The Hall–Kier alpha value is -0.710. The summed E-state index contributed by atoms with van der Waals surface area (Å²) in [6.07, 6.45) is 0.563. The Balaban J connectivity index is 2.55. The van der Waals surface area contributed by atoms with Gasteiger partial charge in [0, 0.05) is 16.0 Å². The Kier molecular flexibility index (Phi) is 6.17. The lowest BCUT2D eigenvalue weighted by atomic mass is 9.96. The van der Waals surface area contributed by atoms with Crippen LogP contribution in [0.3, 0.4) is 0 Å². The first-order chi connectivity index (χ1) is 8.89. The molecule has 19 heavy (non-hydrogen) atoms. The number of benzene rings is 1. The first-order valence-corrected chi connectivity index (χ1v) is 7.59. The van der Waals surface area contributed by atoms with E-state index in [9.17, 15) is 9.90 Å². The lowest BCUT2D eigenvalue weighted by Crippen LogP contribution is -2.49. The number of thioether (sulfide) groups is 1. The average Bonchev–Trinajstić information content (AvgIpc) is 2.37. The predicted molar refractivity (Wildman–Crippen MR) is 81.9 cm³/mol. The molecule has 2 unspecified atom stereocenters. The van der Waals surface area contributed by atoms with Crippen LogP contribution >= 0.6 is 23.4 Å². The number of carboxylic acid groups (broad SMARTS) is 1. The third kappa shape index (κ3) is 4.71. The van der Waals surface area contributed by atoms with Crippen molar-refractivity contribution in [2.24, 2.45) is 0 Å². The zero-order valence-corrected chi connectivity index (χ0v) is 13.0. The highest BCUT2D eigenvalue weighted by atomic mass is 35.5. The van der Waals surface area contributed by atoms with Gasteiger partial charge in [0.15, 0.2) is 0 Å². The minimum Gasteiger partial charge on any atom is -0.480 e. The van der Waals surface area contributed by atoms with E-state index in [1.807, 2.05) is 31.2 Å². The second-order valence-electron chi connectivity index (χ2n) is 4.80. The number of nitrogens with one attached hydrogen (secondary N) is 1. The first kappa shape index (κ1) is 16.3. The molecule has 0 aromatic heterocycles. The molecule has 0 aliphatic rings. The summed E-state index contributed by atoms with van der Waals surface area (Å²) in [7, 11) is 1.68. The Morgan fingerprint density at radius 1 is 1.53 bits per heavy atom. The van der Waals surface area contributed by atoms with Crippen LogP contribution in [0.25, 0.3) is 0 Å². The van der Waals surface area contributed by atoms with Gasteiger partial charge in [-0.1, -0.05) is 36.7 Å². The lowest BCUT2D eigenvalue weighted by Gasteiger charge is -2.27. The van der Waals surface area contributed by atoms with Gasteiger partial charge in [-0.25, -0.2) is 0 Å². The maximum Gasteiger partial charge on any atom is 0.323 e. The molecule has 0 spiro atoms. The quantitative estimate of drug-likeness (QED) is 0.810. The fourth-order valence-electron chi connectivity index (χ4n) is 1.78. The fraction of sp³-hybridized carbons (Fsp3) is 0.500. The van der Waals surface area contributed by atoms with Crippen LogP contribution in [0.15, 0.2) is 24.3 Å². The number of likely N-dealkylation sites (N-methyl/N-ethyl adjacent to an activating group) is 1. The van der Waals surface area contributed by atoms with Gasteiger partial charge in [0.25, 0.3) is 0 Å². The van der Waals surface area contributed by atoms with Crippen molar-refractivity contribution in [2.75, 3.05) is 7.05 Å². The van der Waals surface area contributed by atoms with Gasteiger partial charge in [0.2, 0.25) is 0 Å². The highest BCUT2D eigenvalue weighted by Crippen LogP contribution is 2.27. The first-order valence-electron chi connectivity index (χ1n) is 6.16. The van der Waals surface area contributed by atoms with Gasteiger partial charge < -0.3 is 10.4 Å². The molecular weight excluding hydrogens is 282 g/mol. The average molecular weight is 302 g/mol. The van der Waals surface area contributed by atoms with E-state index < -0.39 is 11.5 Å². The molecule has 0 bridgehead atoms. The van der Waals surface area contributed by atoms with E-state index in [0.717, 1.165) is 16.3 Å². The summed E-state index contributed by atoms with van der Waals surface area (Å²) in [6.45, 7) is 3.75. The summed E-state index contributed by atoms with van der Waals surface area (Å²) in [5, 5.41) is 13.1. The van der Waals surface area contributed by atoms with Gasteiger partial charge in [0.05, 0.1) is 0 Å². The molecule has 5 heteroatoms. The topological polar surface area (TPSA) is 49.3 Å². The highest BCUT2D eigenvalue weighted by molar-refractivity contribution is 7.99. The van der Waals surface area contributed by atoms with E-state index in [1.54, 1.807) is 25.7 Å². The number of carboxylic acids is 1. The molecule has 1 aromatic carbocycles. The van der Waals surface area contributed by atoms with Crippen molar-refractivity contribution in [2.45, 2.75) is 36.8 Å². The van der Waals surface area contributed by atoms with Crippen LogP contribution in [0, 0.1) is 0 Å². The molecule has 0 saturated heterocycles. The zero-order valence-electron chi connectivity index (χ0n) is 11.4. The molecule has 106 valence electrons. The van der Waals surface area contributed by atoms with Gasteiger partial charge in [-0.05, 0) is 32.0 Å². The Morgan fingerprint density at radius 2 is 2.16 bits per heavy atom. The van der Waals surface area contributed by atoms with Gasteiger partial charge in [0.1, 0.15) is 5.54 Å². The van der Waals surface area contributed by atoms with Crippen LogP contribution < -0.4 is 5.32 Å². The monoisotopic (exact) mass is 301 g/mol. The van der Waals surface area contributed by atoms with E-state index in [0.29, 0.717) is 6.42 Å². The van der Waals surface area contributed by atoms with E-state index in [1.165, 1.54) is 0 Å². The molecule has 0 aliphatic heterocycles. The maximum absolute atomic E-state index is 11.2. The van der Waals surface area contributed by atoms with Crippen molar-refractivity contribution in [3.05, 3.63) is 34.9 Å². The van der Waals surface area contributed by atoms with E-state index in [4.69, 9.17) is 11.6 Å². The van der Waals surface area contributed by atoms with Crippen LogP contribution in [-0.4, -0.2) is 28.9 Å². The second kappa shape index (κ2) is 7.17. The lowest BCUT2D eigenvalue weighted by molar-refractivity contribution is -0.144. The zero-order chi connectivity index (χ0) is 14.5. The van der Waals surface area contributed by atoms with Crippen molar-refractivity contribution in [1.29, 1.82) is 0 Å². The fourth-order valence-corrected chi connectivity index (χ4v) is 3.23. The van der Waals surface area contributed by atoms with E-state index >= 15 is 0 Å². The SMILES string of the molecule is CNC(C)(CC(C)SCc1ccccc1Cl)C(=O)O. The normalized spacial score (nSPS) is 15.8. The summed E-state index contributed by atoms with van der Waals surface area (Å²) in [6, 6.07) is 7.73. The molecule has 0 aliphatic carbocycles. The molecule has 2 N–H and O–H groups in total. The number of hydrogen-bond acceptors (Lipinski definition) is 3. The Morgan fingerprint density at radius 3 is 2.68 bits per heavy atom. The third-order valence-electron chi connectivity index (χ3n) is 3.20. The van der Waals surface area contributed by atoms with Crippen LogP contribution in [0.1, 0.15) is 25.8 Å². The molecule has 3 nitrogen and oxygen atoms in total. The van der Waals surface area contributed by atoms with Gasteiger partial charge >= 0.3 is 5.97 Å². The van der Waals surface area contributed by atoms with Crippen LogP contribution in [0.4, 0.5) is 0 Å². The van der Waals surface area contributed by atoms with Crippen molar-refractivity contribution >= 4 is 29.3 Å². The van der Waals surface area contributed by atoms with Crippen molar-refractivity contribution in [1.82, 2.24) is 5.32 Å². The van der Waals surface area contributed by atoms with Crippen LogP contribution in [-0.2, 0) is 10.5 Å². The number of hydrogen-bond donors (Lipinski definition) is 2. The summed E-state index contributed by atoms with van der Waals surface area (Å²) in [5.41, 5.74) is 0.204. The van der Waals surface area contributed by atoms with Crippen molar-refractivity contribution < 1.29 is 9.90 Å². The summed E-state index contributed by atoms with van der Waals surface area (Å²) in [5.74, 6) is -0.0273. The minimum absolute atomic E-state index is 0.227. The number of carbonyl (C=O) groups is 1. The molecule has 0 radical (unpaired) electrons. The molecule has 1 rings (SSSR count). The van der Waals surface area contributed by atoms with Crippen molar-refractivity contribution in [3.63, 3.8) is 0 Å². The molecule has 0 saturated carbocycles. The number of halogens is 1. The molecule has 2 atom stereocenters. The molecule has 0 fully saturated rings. The number of aliphatic carboxylic acids is 1. The van der Waals surface area contributed by atoms with Crippen molar-refractivity contribution in [3.8, 4) is 0 Å². The molecular formula is C14H20ClNO2S. The summed E-state index contributed by atoms with van der Waals surface area (Å²) in [4.78, 5) is 11.2. The van der Waals surface area contributed by atoms with E-state index in [2.05, 4.69) is 5.32 Å². The second-order valence-corrected chi connectivity index (χ2v) is 6.64. The van der Waals surface area contributed by atoms with Crippen LogP contribution in [0.5, 0.6) is 0 Å². The van der Waals surface area contributed by atoms with Gasteiger partial charge in [-0.15, -0.1) is 0 Å². The third-order valence-corrected chi connectivity index (χ3v) is 4.78. The smallest absolute Gasteiger partial charge is 0.323 e. The van der Waals surface area contributed by atoms with Gasteiger partial charge in [-0.3, -0.25) is 4.79 Å². The van der Waals surface area contributed by atoms with Crippen LogP contribution in [0.2, 0.25) is 5.02 Å².